The molecule has 0 unspecified atom stereocenters. The third-order valence-corrected chi connectivity index (χ3v) is 7.30. The maximum Gasteiger partial charge on any atom is 0.240 e. The normalized spacial score (nSPS) is 21.9. The van der Waals surface area contributed by atoms with E-state index < -0.39 is 10.0 Å². The van der Waals surface area contributed by atoms with Crippen molar-refractivity contribution in [2.45, 2.75) is 69.4 Å². The summed E-state index contributed by atoms with van der Waals surface area (Å²) in [7, 11) is -3.57. The van der Waals surface area contributed by atoms with Gasteiger partial charge in [-0.05, 0) is 50.5 Å². The lowest BCUT2D eigenvalue weighted by molar-refractivity contribution is -0.129. The average molecular weight is 408 g/mol. The van der Waals surface area contributed by atoms with Crippen LogP contribution in [0.4, 0.5) is 5.69 Å². The number of benzene rings is 1. The Hall–Kier alpha value is -1.93. The molecular weight excluding hydrogens is 378 g/mol. The van der Waals surface area contributed by atoms with Crippen LogP contribution in [-0.2, 0) is 19.6 Å². The Morgan fingerprint density at radius 2 is 1.86 bits per heavy atom. The Bertz CT molecular complexity index is 816. The highest BCUT2D eigenvalue weighted by molar-refractivity contribution is 7.89. The molecule has 0 aromatic heterocycles. The Kier molecular flexibility index (Phi) is 6.40. The largest absolute Gasteiger partial charge is 0.339 e. The molecule has 2 fully saturated rings. The van der Waals surface area contributed by atoms with Crippen LogP contribution in [0.25, 0.3) is 0 Å². The first kappa shape index (κ1) is 20.8. The minimum atomic E-state index is -3.57. The van der Waals surface area contributed by atoms with Crippen LogP contribution >= 0.6 is 0 Å². The summed E-state index contributed by atoms with van der Waals surface area (Å²) in [6.45, 7) is 4.19. The SMILES string of the molecule is CC[C@@H](C)NS(=O)(=O)c1ccc(NC(=O)[C@H]2CC(=O)N(C3CCCC3)C2)cc1. The minimum Gasteiger partial charge on any atom is -0.339 e. The minimum absolute atomic E-state index is 0.0598. The van der Waals surface area contributed by atoms with Crippen LogP contribution in [0.15, 0.2) is 29.2 Å². The van der Waals surface area contributed by atoms with E-state index >= 15 is 0 Å². The van der Waals surface area contributed by atoms with E-state index in [0.717, 1.165) is 25.7 Å². The second kappa shape index (κ2) is 8.61. The van der Waals surface area contributed by atoms with Crippen molar-refractivity contribution in [1.29, 1.82) is 0 Å². The van der Waals surface area contributed by atoms with E-state index in [2.05, 4.69) is 10.0 Å². The van der Waals surface area contributed by atoms with Crippen molar-refractivity contribution in [3.63, 3.8) is 0 Å². The number of rotatable bonds is 7. The van der Waals surface area contributed by atoms with Crippen molar-refractivity contribution in [1.82, 2.24) is 9.62 Å². The molecule has 28 heavy (non-hydrogen) atoms. The van der Waals surface area contributed by atoms with Crippen LogP contribution in [0.5, 0.6) is 0 Å². The Labute approximate surface area is 166 Å². The molecule has 2 atom stereocenters. The average Bonchev–Trinajstić information content (AvgIpc) is 3.31. The summed E-state index contributed by atoms with van der Waals surface area (Å²) in [5.41, 5.74) is 0.527. The fourth-order valence-electron chi connectivity index (χ4n) is 3.85. The smallest absolute Gasteiger partial charge is 0.240 e. The summed E-state index contributed by atoms with van der Waals surface area (Å²) in [4.78, 5) is 26.9. The number of hydrogen-bond acceptors (Lipinski definition) is 4. The Morgan fingerprint density at radius 3 is 2.46 bits per heavy atom. The standard InChI is InChI=1S/C20H29N3O4S/c1-3-14(2)22-28(26,27)18-10-8-16(9-11-18)21-20(25)15-12-19(24)23(13-15)17-6-4-5-7-17/h8-11,14-15,17,22H,3-7,12-13H2,1-2H3,(H,21,25)/t14-,15+/m1/s1. The molecule has 1 aliphatic carbocycles. The molecule has 2 amide bonds. The molecule has 7 nitrogen and oxygen atoms in total. The number of nitrogens with zero attached hydrogens (tertiary/aromatic N) is 1. The van der Waals surface area contributed by atoms with Crippen LogP contribution in [0.1, 0.15) is 52.4 Å². The molecule has 3 rings (SSSR count). The van der Waals surface area contributed by atoms with Gasteiger partial charge in [0.1, 0.15) is 0 Å². The zero-order chi connectivity index (χ0) is 20.3. The van der Waals surface area contributed by atoms with Crippen LogP contribution in [0.3, 0.4) is 0 Å². The molecule has 2 aliphatic rings. The molecule has 1 aliphatic heterocycles. The topological polar surface area (TPSA) is 95.6 Å². The number of hydrogen-bond donors (Lipinski definition) is 2. The van der Waals surface area contributed by atoms with Gasteiger partial charge in [-0.15, -0.1) is 0 Å². The monoisotopic (exact) mass is 407 g/mol. The molecule has 8 heteroatoms. The van der Waals surface area contributed by atoms with Crippen molar-refractivity contribution >= 4 is 27.5 Å². The summed E-state index contributed by atoms with van der Waals surface area (Å²) in [5.74, 6) is -0.490. The van der Waals surface area contributed by atoms with E-state index in [-0.39, 0.29) is 41.1 Å². The molecule has 0 radical (unpaired) electrons. The first-order chi connectivity index (χ1) is 13.3. The number of anilines is 1. The lowest BCUT2D eigenvalue weighted by atomic mass is 10.1. The molecule has 154 valence electrons. The fourth-order valence-corrected chi connectivity index (χ4v) is 5.18. The zero-order valence-corrected chi connectivity index (χ0v) is 17.3. The number of carbonyl (C=O) groups is 2. The van der Waals surface area contributed by atoms with E-state index in [4.69, 9.17) is 0 Å². The first-order valence-corrected chi connectivity index (χ1v) is 11.5. The quantitative estimate of drug-likeness (QED) is 0.726. The lowest BCUT2D eigenvalue weighted by Gasteiger charge is -2.23. The molecule has 2 N–H and O–H groups in total. The van der Waals surface area contributed by atoms with Gasteiger partial charge in [0.25, 0.3) is 0 Å². The summed E-state index contributed by atoms with van der Waals surface area (Å²) < 4.78 is 27.2. The van der Waals surface area contributed by atoms with Gasteiger partial charge in [0, 0.05) is 30.7 Å². The van der Waals surface area contributed by atoms with Crippen molar-refractivity contribution in [2.75, 3.05) is 11.9 Å². The summed E-state index contributed by atoms with van der Waals surface area (Å²) in [6.07, 6.45) is 5.29. The molecule has 0 spiro atoms. The van der Waals surface area contributed by atoms with Crippen LogP contribution in [0.2, 0.25) is 0 Å². The molecule has 0 bridgehead atoms. The maximum absolute atomic E-state index is 12.6. The van der Waals surface area contributed by atoms with Gasteiger partial charge in [-0.3, -0.25) is 9.59 Å². The van der Waals surface area contributed by atoms with Crippen LogP contribution in [-0.4, -0.2) is 43.8 Å². The molecule has 1 saturated heterocycles. The first-order valence-electron chi connectivity index (χ1n) is 10.0. The molecule has 1 aromatic carbocycles. The van der Waals surface area contributed by atoms with Gasteiger partial charge < -0.3 is 10.2 Å². The lowest BCUT2D eigenvalue weighted by Crippen LogP contribution is -2.35. The van der Waals surface area contributed by atoms with Crippen LogP contribution < -0.4 is 10.0 Å². The van der Waals surface area contributed by atoms with Gasteiger partial charge in [-0.1, -0.05) is 19.8 Å². The molecule has 1 heterocycles. The van der Waals surface area contributed by atoms with Crippen molar-refractivity contribution < 1.29 is 18.0 Å². The predicted molar refractivity (Wildman–Crippen MR) is 107 cm³/mol. The number of sulfonamides is 1. The Balaban J connectivity index is 1.59. The van der Waals surface area contributed by atoms with Gasteiger partial charge in [0.05, 0.1) is 10.8 Å². The van der Waals surface area contributed by atoms with Gasteiger partial charge in [0.2, 0.25) is 21.8 Å². The van der Waals surface area contributed by atoms with Gasteiger partial charge in [-0.2, -0.15) is 0 Å². The van der Waals surface area contributed by atoms with E-state index in [1.807, 2.05) is 18.7 Å². The second-order valence-corrected chi connectivity index (χ2v) is 9.54. The fraction of sp³-hybridized carbons (Fsp3) is 0.600. The summed E-state index contributed by atoms with van der Waals surface area (Å²) in [5, 5.41) is 2.81. The second-order valence-electron chi connectivity index (χ2n) is 7.83. The van der Waals surface area contributed by atoms with E-state index in [1.54, 1.807) is 12.1 Å². The highest BCUT2D eigenvalue weighted by Crippen LogP contribution is 2.30. The van der Waals surface area contributed by atoms with E-state index in [1.165, 1.54) is 12.1 Å². The number of likely N-dealkylation sites (tertiary alicyclic amines) is 1. The van der Waals surface area contributed by atoms with E-state index in [9.17, 15) is 18.0 Å². The molecule has 1 saturated carbocycles. The van der Waals surface area contributed by atoms with Crippen LogP contribution in [0, 0.1) is 5.92 Å². The van der Waals surface area contributed by atoms with Gasteiger partial charge in [0.15, 0.2) is 0 Å². The highest BCUT2D eigenvalue weighted by atomic mass is 32.2. The molecular formula is C20H29N3O4S. The van der Waals surface area contributed by atoms with E-state index in [0.29, 0.717) is 18.7 Å². The van der Waals surface area contributed by atoms with Crippen molar-refractivity contribution in [2.24, 2.45) is 5.92 Å². The van der Waals surface area contributed by atoms with Gasteiger partial charge in [-0.25, -0.2) is 13.1 Å². The van der Waals surface area contributed by atoms with Gasteiger partial charge >= 0.3 is 0 Å². The van der Waals surface area contributed by atoms with Crippen molar-refractivity contribution in [3.8, 4) is 0 Å². The highest BCUT2D eigenvalue weighted by Gasteiger charge is 2.38. The zero-order valence-electron chi connectivity index (χ0n) is 16.5. The number of amides is 2. The molecule has 1 aromatic rings. The maximum atomic E-state index is 12.6. The van der Waals surface area contributed by atoms with Crippen molar-refractivity contribution in [3.05, 3.63) is 24.3 Å². The Morgan fingerprint density at radius 1 is 1.21 bits per heavy atom. The number of nitrogens with one attached hydrogen (secondary N) is 2. The predicted octanol–water partition coefficient (Wildman–Crippen LogP) is 2.49. The third-order valence-electron chi connectivity index (χ3n) is 5.70. The summed E-state index contributed by atoms with van der Waals surface area (Å²) >= 11 is 0. The summed E-state index contributed by atoms with van der Waals surface area (Å²) in [6, 6.07) is 6.25. The number of carbonyl (C=O) groups excluding carboxylic acids is 2. The third kappa shape index (κ3) is 4.72.